The molecule has 0 radical (unpaired) electrons. The minimum atomic E-state index is -3.39. The van der Waals surface area contributed by atoms with Crippen molar-refractivity contribution in [3.8, 4) is 5.75 Å². The summed E-state index contributed by atoms with van der Waals surface area (Å²) < 4.78 is 59.6. The van der Waals surface area contributed by atoms with Gasteiger partial charge in [-0.25, -0.2) is 31.7 Å². The Morgan fingerprint density at radius 2 is 1.88 bits per heavy atom. The third-order valence-corrected chi connectivity index (χ3v) is 5.79. The van der Waals surface area contributed by atoms with Gasteiger partial charge in [-0.15, -0.1) is 0 Å². The van der Waals surface area contributed by atoms with E-state index in [4.69, 9.17) is 4.74 Å². The lowest BCUT2D eigenvalue weighted by atomic mass is 10.1. The topological polar surface area (TPSA) is 122 Å². The highest BCUT2D eigenvalue weighted by Crippen LogP contribution is 2.33. The summed E-state index contributed by atoms with van der Waals surface area (Å²) in [6.45, 7) is 3.55. The molecular formula is C21H26FN5O4S2. The van der Waals surface area contributed by atoms with Gasteiger partial charge in [-0.05, 0) is 49.5 Å². The van der Waals surface area contributed by atoms with Gasteiger partial charge in [-0.1, -0.05) is 0 Å². The Labute approximate surface area is 193 Å². The van der Waals surface area contributed by atoms with Crippen LogP contribution in [0.25, 0.3) is 10.9 Å². The second-order valence-corrected chi connectivity index (χ2v) is 11.9. The monoisotopic (exact) mass is 495 g/mol. The fourth-order valence-corrected chi connectivity index (χ4v) is 4.30. The minimum Gasteiger partial charge on any atom is -0.487 e. The van der Waals surface area contributed by atoms with Gasteiger partial charge in [-0.2, -0.15) is 0 Å². The smallest absolute Gasteiger partial charge is 0.208 e. The molecule has 0 aliphatic heterocycles. The summed E-state index contributed by atoms with van der Waals surface area (Å²) in [6, 6.07) is 7.55. The number of fused-ring (bicyclic) bond motifs is 1. The standard InChI is InChI=1S/C21H26FN5O4S2/c1-13-8-16(27-32(3,4)28)10-18-20(13)21(24-12-23-18)26-17-7-6-15(22)9-19(17)31-14(2)11-25-33(5,29)30/h6-10,12,14,25H,3,11H2,1-2,4-5H3,(H,27,28)(H,23,24,26)/t14-,32?/m0/s1. The molecule has 9 nitrogen and oxygen atoms in total. The van der Waals surface area contributed by atoms with Crippen LogP contribution in [-0.2, 0) is 19.7 Å². The third kappa shape index (κ3) is 7.01. The van der Waals surface area contributed by atoms with Gasteiger partial charge in [0.05, 0.1) is 17.5 Å². The van der Waals surface area contributed by atoms with Gasteiger partial charge in [0.25, 0.3) is 0 Å². The summed E-state index contributed by atoms with van der Waals surface area (Å²) >= 11 is 0. The molecule has 0 spiro atoms. The first kappa shape index (κ1) is 24.7. The predicted octanol–water partition coefficient (Wildman–Crippen LogP) is 2.81. The molecule has 0 saturated heterocycles. The third-order valence-electron chi connectivity index (χ3n) is 4.43. The lowest BCUT2D eigenvalue weighted by Crippen LogP contribution is -2.32. The van der Waals surface area contributed by atoms with Crippen molar-refractivity contribution in [3.05, 3.63) is 48.0 Å². The van der Waals surface area contributed by atoms with Crippen LogP contribution in [0.5, 0.6) is 5.75 Å². The normalized spacial score (nSPS) is 14.5. The van der Waals surface area contributed by atoms with Crippen molar-refractivity contribution in [1.82, 2.24) is 14.7 Å². The number of nitrogens with zero attached hydrogens (tertiary/aromatic N) is 2. The average Bonchev–Trinajstić information content (AvgIpc) is 2.66. The first-order valence-corrected chi connectivity index (χ1v) is 13.9. The molecule has 2 aromatic carbocycles. The zero-order chi connectivity index (χ0) is 24.4. The number of ether oxygens (including phenoxy) is 1. The molecule has 33 heavy (non-hydrogen) atoms. The van der Waals surface area contributed by atoms with Crippen molar-refractivity contribution in [2.45, 2.75) is 20.0 Å². The van der Waals surface area contributed by atoms with E-state index in [1.54, 1.807) is 13.0 Å². The number of anilines is 3. The lowest BCUT2D eigenvalue weighted by Gasteiger charge is -2.19. The zero-order valence-corrected chi connectivity index (χ0v) is 20.3. The van der Waals surface area contributed by atoms with E-state index >= 15 is 0 Å². The fraction of sp³-hybridized carbons (Fsp3) is 0.286. The minimum absolute atomic E-state index is 0.0209. The zero-order valence-electron chi connectivity index (χ0n) is 18.7. The molecule has 0 aliphatic carbocycles. The summed E-state index contributed by atoms with van der Waals surface area (Å²) in [5.41, 5.74) is 2.48. The van der Waals surface area contributed by atoms with Gasteiger partial charge in [0, 0.05) is 39.6 Å². The van der Waals surface area contributed by atoms with Crippen molar-refractivity contribution < 1.29 is 21.8 Å². The van der Waals surface area contributed by atoms with Crippen LogP contribution in [0.1, 0.15) is 12.5 Å². The first-order chi connectivity index (χ1) is 15.3. The van der Waals surface area contributed by atoms with E-state index < -0.39 is 31.7 Å². The molecule has 1 unspecified atom stereocenters. The summed E-state index contributed by atoms with van der Waals surface area (Å²) in [6.07, 6.45) is 3.37. The maximum Gasteiger partial charge on any atom is 0.208 e. The average molecular weight is 496 g/mol. The highest BCUT2D eigenvalue weighted by molar-refractivity contribution is 8.00. The van der Waals surface area contributed by atoms with E-state index in [0.717, 1.165) is 17.2 Å². The first-order valence-electron chi connectivity index (χ1n) is 9.84. The van der Waals surface area contributed by atoms with Gasteiger partial charge >= 0.3 is 0 Å². The largest absolute Gasteiger partial charge is 0.487 e. The molecule has 2 atom stereocenters. The summed E-state index contributed by atoms with van der Waals surface area (Å²) in [5, 5.41) is 3.88. The van der Waals surface area contributed by atoms with Crippen LogP contribution >= 0.6 is 0 Å². The molecule has 1 heterocycles. The number of aryl methyl sites for hydroxylation is 1. The van der Waals surface area contributed by atoms with Crippen LogP contribution in [-0.4, -0.2) is 53.6 Å². The maximum absolute atomic E-state index is 13.9. The van der Waals surface area contributed by atoms with Gasteiger partial charge in [0.1, 0.15) is 29.8 Å². The highest BCUT2D eigenvalue weighted by Gasteiger charge is 2.15. The number of rotatable bonds is 9. The highest BCUT2D eigenvalue weighted by atomic mass is 32.2. The van der Waals surface area contributed by atoms with Crippen LogP contribution in [0.15, 0.2) is 36.7 Å². The summed E-state index contributed by atoms with van der Waals surface area (Å²) in [4.78, 5) is 8.63. The predicted molar refractivity (Wildman–Crippen MR) is 132 cm³/mol. The molecule has 3 aromatic rings. The van der Waals surface area contributed by atoms with Crippen LogP contribution in [0, 0.1) is 12.7 Å². The van der Waals surface area contributed by atoms with Gasteiger partial charge < -0.3 is 14.8 Å². The van der Waals surface area contributed by atoms with Crippen molar-refractivity contribution in [2.24, 2.45) is 0 Å². The number of hydrogen-bond acceptors (Lipinski definition) is 7. The maximum atomic E-state index is 13.9. The Morgan fingerprint density at radius 1 is 1.15 bits per heavy atom. The number of benzene rings is 2. The van der Waals surface area contributed by atoms with Gasteiger partial charge in [0.15, 0.2) is 0 Å². The van der Waals surface area contributed by atoms with E-state index in [9.17, 15) is 17.0 Å². The molecule has 0 fully saturated rings. The Balaban J connectivity index is 1.94. The molecule has 12 heteroatoms. The summed E-state index contributed by atoms with van der Waals surface area (Å²) in [7, 11) is -5.85. The molecule has 0 amide bonds. The Bertz CT molecular complexity index is 1400. The van der Waals surface area contributed by atoms with E-state index in [1.165, 1.54) is 30.8 Å². The van der Waals surface area contributed by atoms with Crippen LogP contribution in [0.4, 0.5) is 21.6 Å². The van der Waals surface area contributed by atoms with E-state index in [1.807, 2.05) is 13.0 Å². The second-order valence-electron chi connectivity index (χ2n) is 7.83. The molecular weight excluding hydrogens is 469 g/mol. The van der Waals surface area contributed by atoms with E-state index in [2.05, 4.69) is 30.6 Å². The lowest BCUT2D eigenvalue weighted by molar-refractivity contribution is 0.225. The Morgan fingerprint density at radius 3 is 2.55 bits per heavy atom. The molecule has 0 bridgehead atoms. The molecule has 3 N–H and O–H groups in total. The SMILES string of the molecule is C=S(C)(=O)Nc1cc(C)c2c(Nc3ccc(F)cc3O[C@@H](C)CNS(C)(=O)=O)ncnc2c1. The van der Waals surface area contributed by atoms with Crippen molar-refractivity contribution >= 4 is 53.7 Å². The number of aromatic nitrogens is 2. The number of hydrogen-bond donors (Lipinski definition) is 3. The second kappa shape index (κ2) is 9.49. The van der Waals surface area contributed by atoms with Gasteiger partial charge in [0.2, 0.25) is 10.0 Å². The molecule has 0 saturated carbocycles. The molecule has 178 valence electrons. The number of sulfonamides is 1. The van der Waals surface area contributed by atoms with E-state index in [-0.39, 0.29) is 12.3 Å². The molecule has 3 rings (SSSR count). The Kier molecular flexibility index (Phi) is 7.10. The van der Waals surface area contributed by atoms with Crippen molar-refractivity contribution in [3.63, 3.8) is 0 Å². The van der Waals surface area contributed by atoms with Crippen LogP contribution in [0.2, 0.25) is 0 Å². The van der Waals surface area contributed by atoms with E-state index in [0.29, 0.717) is 22.7 Å². The molecule has 1 aromatic heterocycles. The number of nitrogens with one attached hydrogen (secondary N) is 3. The summed E-state index contributed by atoms with van der Waals surface area (Å²) in [5.74, 6) is 3.76. The van der Waals surface area contributed by atoms with Gasteiger partial charge in [-0.3, -0.25) is 0 Å². The van der Waals surface area contributed by atoms with Crippen molar-refractivity contribution in [1.29, 1.82) is 0 Å². The van der Waals surface area contributed by atoms with Crippen molar-refractivity contribution in [2.75, 3.05) is 29.1 Å². The quantitative estimate of drug-likeness (QED) is 0.390. The number of halogens is 1. The molecule has 0 aliphatic rings. The van der Waals surface area contributed by atoms with Crippen LogP contribution < -0.4 is 19.5 Å². The van der Waals surface area contributed by atoms with Crippen LogP contribution in [0.3, 0.4) is 0 Å². The fourth-order valence-electron chi connectivity index (χ4n) is 3.15. The Hall–Kier alpha value is -2.96.